The molecule has 0 bridgehead atoms. The summed E-state index contributed by atoms with van der Waals surface area (Å²) in [6.45, 7) is 4.95. The third kappa shape index (κ3) is 17.6. The van der Waals surface area contributed by atoms with Crippen LogP contribution in [0.3, 0.4) is 0 Å². The summed E-state index contributed by atoms with van der Waals surface area (Å²) in [5.41, 5.74) is 0. The second-order valence-electron chi connectivity index (χ2n) is 7.41. The molecular weight excluding hydrogens is 404 g/mol. The SMILES string of the molecule is CCCCCC(=O)NCCCCNC(=O)CCCC(=O)OCC(OC)OC(CC)CO. The van der Waals surface area contributed by atoms with Crippen LogP contribution in [-0.4, -0.2) is 68.7 Å². The minimum Gasteiger partial charge on any atom is -0.460 e. The van der Waals surface area contributed by atoms with E-state index in [1.807, 2.05) is 6.92 Å². The van der Waals surface area contributed by atoms with E-state index in [4.69, 9.17) is 19.3 Å². The monoisotopic (exact) mass is 446 g/mol. The Morgan fingerprint density at radius 2 is 1.48 bits per heavy atom. The molecule has 3 N–H and O–H groups in total. The largest absolute Gasteiger partial charge is 0.460 e. The van der Waals surface area contributed by atoms with Crippen molar-refractivity contribution < 1.29 is 33.7 Å². The molecule has 0 aromatic rings. The van der Waals surface area contributed by atoms with Crippen LogP contribution in [0.2, 0.25) is 0 Å². The lowest BCUT2D eigenvalue weighted by Crippen LogP contribution is -2.30. The van der Waals surface area contributed by atoms with Gasteiger partial charge in [0.25, 0.3) is 0 Å². The van der Waals surface area contributed by atoms with E-state index in [1.54, 1.807) is 0 Å². The lowest BCUT2D eigenvalue weighted by Gasteiger charge is -2.21. The molecule has 0 aliphatic carbocycles. The number of hydrogen-bond acceptors (Lipinski definition) is 7. The molecule has 9 heteroatoms. The van der Waals surface area contributed by atoms with E-state index in [2.05, 4.69) is 17.6 Å². The maximum atomic E-state index is 11.8. The molecule has 0 aromatic carbocycles. The van der Waals surface area contributed by atoms with Crippen molar-refractivity contribution in [2.45, 2.75) is 90.4 Å². The summed E-state index contributed by atoms with van der Waals surface area (Å²) < 4.78 is 15.7. The van der Waals surface area contributed by atoms with Gasteiger partial charge in [0.1, 0.15) is 6.61 Å². The van der Waals surface area contributed by atoms with Gasteiger partial charge in [-0.2, -0.15) is 0 Å². The number of nitrogens with one attached hydrogen (secondary N) is 2. The molecule has 0 aliphatic rings. The van der Waals surface area contributed by atoms with Crippen molar-refractivity contribution in [3.63, 3.8) is 0 Å². The van der Waals surface area contributed by atoms with Crippen molar-refractivity contribution in [2.24, 2.45) is 0 Å². The summed E-state index contributed by atoms with van der Waals surface area (Å²) >= 11 is 0. The highest BCUT2D eigenvalue weighted by atomic mass is 16.7. The van der Waals surface area contributed by atoms with Crippen molar-refractivity contribution in [3.05, 3.63) is 0 Å². The molecule has 2 amide bonds. The van der Waals surface area contributed by atoms with Crippen LogP contribution < -0.4 is 10.6 Å². The fraction of sp³-hybridized carbons (Fsp3) is 0.864. The highest BCUT2D eigenvalue weighted by Crippen LogP contribution is 2.06. The Morgan fingerprint density at radius 3 is 2.00 bits per heavy atom. The highest BCUT2D eigenvalue weighted by Gasteiger charge is 2.16. The van der Waals surface area contributed by atoms with E-state index in [-0.39, 0.29) is 44.0 Å². The highest BCUT2D eigenvalue weighted by molar-refractivity contribution is 5.77. The second-order valence-corrected chi connectivity index (χ2v) is 7.41. The molecule has 0 radical (unpaired) electrons. The molecule has 2 unspecified atom stereocenters. The van der Waals surface area contributed by atoms with E-state index < -0.39 is 12.3 Å². The molecule has 182 valence electrons. The third-order valence-electron chi connectivity index (χ3n) is 4.69. The van der Waals surface area contributed by atoms with Gasteiger partial charge in [0, 0.05) is 39.5 Å². The molecule has 0 heterocycles. The zero-order chi connectivity index (χ0) is 23.3. The molecule has 9 nitrogen and oxygen atoms in total. The van der Waals surface area contributed by atoms with Crippen LogP contribution in [0.4, 0.5) is 0 Å². The van der Waals surface area contributed by atoms with E-state index in [0.717, 1.165) is 32.1 Å². The number of hydrogen-bond donors (Lipinski definition) is 3. The quantitative estimate of drug-likeness (QED) is 0.149. The van der Waals surface area contributed by atoms with E-state index >= 15 is 0 Å². The van der Waals surface area contributed by atoms with Crippen LogP contribution in [0, 0.1) is 0 Å². The molecule has 31 heavy (non-hydrogen) atoms. The Morgan fingerprint density at radius 1 is 0.871 bits per heavy atom. The van der Waals surface area contributed by atoms with E-state index in [0.29, 0.717) is 32.4 Å². The Kier molecular flexibility index (Phi) is 19.1. The summed E-state index contributed by atoms with van der Waals surface area (Å²) in [7, 11) is 1.44. The van der Waals surface area contributed by atoms with Gasteiger partial charge in [0.15, 0.2) is 6.29 Å². The van der Waals surface area contributed by atoms with Crippen LogP contribution in [0.1, 0.15) is 78.1 Å². The molecule has 0 spiro atoms. The lowest BCUT2D eigenvalue weighted by molar-refractivity contribution is -0.194. The topological polar surface area (TPSA) is 123 Å². The first-order valence-electron chi connectivity index (χ1n) is 11.4. The van der Waals surface area contributed by atoms with Gasteiger partial charge in [-0.05, 0) is 32.1 Å². The number of methoxy groups -OCH3 is 1. The van der Waals surface area contributed by atoms with E-state index in [1.165, 1.54) is 7.11 Å². The Balaban J connectivity index is 3.69. The first kappa shape index (κ1) is 29.3. The predicted octanol–water partition coefficient (Wildman–Crippen LogP) is 2.05. The van der Waals surface area contributed by atoms with Crippen molar-refractivity contribution in [2.75, 3.05) is 33.4 Å². The summed E-state index contributed by atoms with van der Waals surface area (Å²) in [6.07, 6.45) is 5.56. The maximum Gasteiger partial charge on any atom is 0.305 e. The number of amides is 2. The summed E-state index contributed by atoms with van der Waals surface area (Å²) in [5, 5.41) is 14.8. The van der Waals surface area contributed by atoms with Gasteiger partial charge >= 0.3 is 5.97 Å². The fourth-order valence-corrected chi connectivity index (χ4v) is 2.69. The van der Waals surface area contributed by atoms with Crippen molar-refractivity contribution in [1.29, 1.82) is 0 Å². The average molecular weight is 447 g/mol. The van der Waals surface area contributed by atoms with Gasteiger partial charge in [-0.25, -0.2) is 0 Å². The molecular formula is C22H42N2O7. The van der Waals surface area contributed by atoms with Gasteiger partial charge in [0.05, 0.1) is 12.7 Å². The smallest absolute Gasteiger partial charge is 0.305 e. The molecule has 2 atom stereocenters. The Hall–Kier alpha value is -1.71. The number of aliphatic hydroxyl groups is 1. The minimum atomic E-state index is -0.731. The fourth-order valence-electron chi connectivity index (χ4n) is 2.69. The van der Waals surface area contributed by atoms with Gasteiger partial charge in [-0.15, -0.1) is 0 Å². The van der Waals surface area contributed by atoms with Crippen molar-refractivity contribution in [3.8, 4) is 0 Å². The number of carbonyl (C=O) groups is 3. The zero-order valence-corrected chi connectivity index (χ0v) is 19.5. The number of carbonyl (C=O) groups excluding carboxylic acids is 3. The summed E-state index contributed by atoms with van der Waals surface area (Å²) in [4.78, 5) is 35.2. The molecule has 0 saturated carbocycles. The van der Waals surface area contributed by atoms with E-state index in [9.17, 15) is 14.4 Å². The third-order valence-corrected chi connectivity index (χ3v) is 4.69. The molecule has 0 rings (SSSR count). The lowest BCUT2D eigenvalue weighted by atomic mass is 10.2. The van der Waals surface area contributed by atoms with Crippen LogP contribution in [0.25, 0.3) is 0 Å². The number of esters is 1. The first-order chi connectivity index (χ1) is 15.0. The molecule has 0 saturated heterocycles. The Bertz CT molecular complexity index is 484. The molecule has 0 aromatic heterocycles. The standard InChI is InChI=1S/C22H42N2O7/c1-4-6-7-11-19(26)23-14-8-9-15-24-20(27)12-10-13-21(28)30-17-22(29-3)31-18(5-2)16-25/h18,22,25H,4-17H2,1-3H3,(H,23,26)(H,24,27). The number of rotatable bonds is 20. The van der Waals surface area contributed by atoms with Gasteiger partial charge in [0.2, 0.25) is 11.8 Å². The van der Waals surface area contributed by atoms with Crippen LogP contribution in [0.15, 0.2) is 0 Å². The summed E-state index contributed by atoms with van der Waals surface area (Å²) in [5.74, 6) is -0.445. The van der Waals surface area contributed by atoms with Gasteiger partial charge < -0.3 is 30.0 Å². The molecule has 0 fully saturated rings. The minimum absolute atomic E-state index is 0.0623. The predicted molar refractivity (Wildman–Crippen MR) is 117 cm³/mol. The van der Waals surface area contributed by atoms with Crippen LogP contribution >= 0.6 is 0 Å². The molecule has 0 aliphatic heterocycles. The average Bonchev–Trinajstić information content (AvgIpc) is 2.76. The second kappa shape index (κ2) is 20.2. The zero-order valence-electron chi connectivity index (χ0n) is 19.5. The van der Waals surface area contributed by atoms with Crippen molar-refractivity contribution >= 4 is 17.8 Å². The van der Waals surface area contributed by atoms with Crippen molar-refractivity contribution in [1.82, 2.24) is 10.6 Å². The van der Waals surface area contributed by atoms with Gasteiger partial charge in [-0.1, -0.05) is 26.7 Å². The first-order valence-corrected chi connectivity index (χ1v) is 11.4. The Labute approximate surface area is 186 Å². The number of ether oxygens (including phenoxy) is 3. The number of unbranched alkanes of at least 4 members (excludes halogenated alkanes) is 3. The number of aliphatic hydroxyl groups excluding tert-OH is 1. The van der Waals surface area contributed by atoms with Gasteiger partial charge in [-0.3, -0.25) is 14.4 Å². The summed E-state index contributed by atoms with van der Waals surface area (Å²) in [6, 6.07) is 0. The van der Waals surface area contributed by atoms with Crippen LogP contribution in [0.5, 0.6) is 0 Å². The maximum absolute atomic E-state index is 11.8. The normalized spacial score (nSPS) is 12.8. The van der Waals surface area contributed by atoms with Crippen LogP contribution in [-0.2, 0) is 28.6 Å².